The lowest BCUT2D eigenvalue weighted by Gasteiger charge is -2.13. The molecule has 0 aliphatic heterocycles. The second kappa shape index (κ2) is 5.83. The molecular formula is C9H17N5O3S. The number of aromatic nitrogens is 2. The third-order valence-electron chi connectivity index (χ3n) is 2.24. The third-order valence-corrected chi connectivity index (χ3v) is 4.08. The molecule has 0 saturated carbocycles. The number of anilines is 2. The second-order valence-corrected chi connectivity index (χ2v) is 5.97. The average Bonchev–Trinajstić information content (AvgIpc) is 2.29. The number of sulfonamides is 1. The van der Waals surface area contributed by atoms with Crippen LogP contribution in [0.25, 0.3) is 0 Å². The van der Waals surface area contributed by atoms with Crippen LogP contribution in [0.1, 0.15) is 0 Å². The summed E-state index contributed by atoms with van der Waals surface area (Å²) < 4.78 is 29.3. The van der Waals surface area contributed by atoms with E-state index in [-0.39, 0.29) is 18.1 Å². The molecule has 1 aromatic heterocycles. The van der Waals surface area contributed by atoms with Crippen molar-refractivity contribution in [2.45, 2.75) is 0 Å². The van der Waals surface area contributed by atoms with E-state index in [2.05, 4.69) is 15.3 Å². The van der Waals surface area contributed by atoms with Crippen molar-refractivity contribution in [2.24, 2.45) is 0 Å². The Morgan fingerprint density at radius 2 is 2.11 bits per heavy atom. The zero-order valence-corrected chi connectivity index (χ0v) is 11.4. The number of hydrogen-bond acceptors (Lipinski definition) is 7. The normalized spacial score (nSPS) is 11.6. The van der Waals surface area contributed by atoms with Crippen LogP contribution in [0.15, 0.2) is 6.33 Å². The van der Waals surface area contributed by atoms with Crippen molar-refractivity contribution >= 4 is 21.7 Å². The highest BCUT2D eigenvalue weighted by Crippen LogP contribution is 2.25. The van der Waals surface area contributed by atoms with Crippen LogP contribution in [-0.2, 0) is 10.0 Å². The molecule has 102 valence electrons. The summed E-state index contributed by atoms with van der Waals surface area (Å²) in [5, 5.41) is 2.85. The zero-order valence-electron chi connectivity index (χ0n) is 10.5. The molecule has 0 aliphatic rings. The highest BCUT2D eigenvalue weighted by Gasteiger charge is 2.14. The molecule has 0 aromatic carbocycles. The van der Waals surface area contributed by atoms with Gasteiger partial charge in [-0.3, -0.25) is 0 Å². The zero-order chi connectivity index (χ0) is 13.8. The monoisotopic (exact) mass is 275 g/mol. The van der Waals surface area contributed by atoms with Crippen LogP contribution in [-0.4, -0.2) is 56.2 Å². The van der Waals surface area contributed by atoms with Gasteiger partial charge in [-0.15, -0.1) is 0 Å². The van der Waals surface area contributed by atoms with E-state index in [1.807, 2.05) is 0 Å². The molecular weight excluding hydrogens is 258 g/mol. The van der Waals surface area contributed by atoms with E-state index in [0.29, 0.717) is 11.6 Å². The summed E-state index contributed by atoms with van der Waals surface area (Å²) in [6, 6.07) is 0. The molecule has 1 rings (SSSR count). The van der Waals surface area contributed by atoms with Crippen LogP contribution in [0.4, 0.5) is 11.6 Å². The van der Waals surface area contributed by atoms with E-state index in [1.54, 1.807) is 0 Å². The predicted molar refractivity (Wildman–Crippen MR) is 69.0 cm³/mol. The Morgan fingerprint density at radius 3 is 2.67 bits per heavy atom. The minimum atomic E-state index is -3.24. The molecule has 18 heavy (non-hydrogen) atoms. The van der Waals surface area contributed by atoms with Crippen molar-refractivity contribution in [3.63, 3.8) is 0 Å². The third kappa shape index (κ3) is 3.44. The quantitative estimate of drug-likeness (QED) is 0.711. The standard InChI is InChI=1S/C9H17N5O3S/c1-14(2)18(15,16)5-4-11-9-7(17-3)8(10)12-6-13-9/h6H,4-5H2,1-3H3,(H3,10,11,12,13). The molecule has 0 saturated heterocycles. The Balaban J connectivity index is 2.68. The number of nitrogens with one attached hydrogen (secondary N) is 1. The Labute approximate surface area is 106 Å². The number of hydrogen-bond donors (Lipinski definition) is 2. The molecule has 0 radical (unpaired) electrons. The molecule has 0 aliphatic carbocycles. The van der Waals surface area contributed by atoms with Crippen LogP contribution in [0.2, 0.25) is 0 Å². The average molecular weight is 275 g/mol. The van der Waals surface area contributed by atoms with E-state index in [4.69, 9.17) is 10.5 Å². The predicted octanol–water partition coefficient (Wildman–Crippen LogP) is -0.629. The second-order valence-electron chi connectivity index (χ2n) is 3.67. The van der Waals surface area contributed by atoms with Gasteiger partial charge in [0.25, 0.3) is 0 Å². The number of nitrogens with two attached hydrogens (primary N) is 1. The fourth-order valence-corrected chi connectivity index (χ4v) is 1.92. The number of ether oxygens (including phenoxy) is 1. The highest BCUT2D eigenvalue weighted by atomic mass is 32.2. The van der Waals surface area contributed by atoms with Gasteiger partial charge in [0.1, 0.15) is 6.33 Å². The topological polar surface area (TPSA) is 110 Å². The molecule has 1 aromatic rings. The van der Waals surface area contributed by atoms with E-state index in [1.165, 1.54) is 31.8 Å². The van der Waals surface area contributed by atoms with Gasteiger partial charge in [-0.05, 0) is 0 Å². The number of rotatable bonds is 6. The van der Waals surface area contributed by atoms with Gasteiger partial charge in [0.2, 0.25) is 15.8 Å². The van der Waals surface area contributed by atoms with Crippen molar-refractivity contribution in [1.29, 1.82) is 0 Å². The molecule has 0 amide bonds. The van der Waals surface area contributed by atoms with Gasteiger partial charge < -0.3 is 15.8 Å². The van der Waals surface area contributed by atoms with Crippen molar-refractivity contribution in [3.8, 4) is 5.75 Å². The lowest BCUT2D eigenvalue weighted by Crippen LogP contribution is -2.28. The van der Waals surface area contributed by atoms with Gasteiger partial charge in [0, 0.05) is 20.6 Å². The maximum atomic E-state index is 11.5. The Hall–Kier alpha value is -1.61. The first-order valence-electron chi connectivity index (χ1n) is 5.17. The summed E-state index contributed by atoms with van der Waals surface area (Å²) in [6.07, 6.45) is 1.28. The molecule has 0 fully saturated rings. The maximum absolute atomic E-state index is 11.5. The van der Waals surface area contributed by atoms with E-state index >= 15 is 0 Å². The number of nitrogen functional groups attached to an aromatic ring is 1. The Bertz CT molecular complexity index is 503. The van der Waals surface area contributed by atoms with Crippen LogP contribution in [0.3, 0.4) is 0 Å². The molecule has 9 heteroatoms. The summed E-state index contributed by atoms with van der Waals surface area (Å²) in [6.45, 7) is 0.202. The summed E-state index contributed by atoms with van der Waals surface area (Å²) in [7, 11) is 1.17. The van der Waals surface area contributed by atoms with E-state index in [9.17, 15) is 8.42 Å². The Morgan fingerprint density at radius 1 is 1.44 bits per heavy atom. The van der Waals surface area contributed by atoms with Gasteiger partial charge in [-0.25, -0.2) is 22.7 Å². The molecule has 0 unspecified atom stereocenters. The minimum absolute atomic E-state index is 0.0485. The maximum Gasteiger partial charge on any atom is 0.215 e. The Kier molecular flexibility index (Phi) is 4.68. The summed E-state index contributed by atoms with van der Waals surface area (Å²) in [5.74, 6) is 0.830. The number of nitrogens with zero attached hydrogens (tertiary/aromatic N) is 3. The minimum Gasteiger partial charge on any atom is -0.490 e. The summed E-state index contributed by atoms with van der Waals surface area (Å²) in [4.78, 5) is 7.71. The van der Waals surface area contributed by atoms with Crippen molar-refractivity contribution in [3.05, 3.63) is 6.33 Å². The van der Waals surface area contributed by atoms with Gasteiger partial charge in [-0.2, -0.15) is 0 Å². The van der Waals surface area contributed by atoms with Gasteiger partial charge >= 0.3 is 0 Å². The van der Waals surface area contributed by atoms with Crippen LogP contribution < -0.4 is 15.8 Å². The molecule has 1 heterocycles. The largest absolute Gasteiger partial charge is 0.490 e. The molecule has 0 atom stereocenters. The molecule has 0 spiro atoms. The van der Waals surface area contributed by atoms with Crippen LogP contribution in [0, 0.1) is 0 Å². The van der Waals surface area contributed by atoms with Gasteiger partial charge in [0.05, 0.1) is 12.9 Å². The summed E-state index contributed by atoms with van der Waals surface area (Å²) in [5.41, 5.74) is 5.60. The molecule has 0 bridgehead atoms. The van der Waals surface area contributed by atoms with Crippen molar-refractivity contribution < 1.29 is 13.2 Å². The SMILES string of the molecule is COc1c(N)ncnc1NCCS(=O)(=O)N(C)C. The van der Waals surface area contributed by atoms with E-state index in [0.717, 1.165) is 0 Å². The smallest absolute Gasteiger partial charge is 0.215 e. The number of methoxy groups -OCH3 is 1. The molecule has 8 nitrogen and oxygen atoms in total. The lowest BCUT2D eigenvalue weighted by atomic mass is 10.4. The summed E-state index contributed by atoms with van der Waals surface area (Å²) >= 11 is 0. The van der Waals surface area contributed by atoms with Crippen LogP contribution in [0.5, 0.6) is 5.75 Å². The van der Waals surface area contributed by atoms with Gasteiger partial charge in [0.15, 0.2) is 11.6 Å². The fraction of sp³-hybridized carbons (Fsp3) is 0.556. The first kappa shape index (κ1) is 14.5. The lowest BCUT2D eigenvalue weighted by molar-refractivity contribution is 0.415. The first-order valence-corrected chi connectivity index (χ1v) is 6.78. The van der Waals surface area contributed by atoms with Crippen LogP contribution >= 0.6 is 0 Å². The van der Waals surface area contributed by atoms with Gasteiger partial charge in [-0.1, -0.05) is 0 Å². The first-order chi connectivity index (χ1) is 8.38. The fourth-order valence-electron chi connectivity index (χ4n) is 1.20. The molecule has 3 N–H and O–H groups in total. The van der Waals surface area contributed by atoms with E-state index < -0.39 is 10.0 Å². The van der Waals surface area contributed by atoms with Crippen molar-refractivity contribution in [1.82, 2.24) is 14.3 Å². The highest BCUT2D eigenvalue weighted by molar-refractivity contribution is 7.89. The van der Waals surface area contributed by atoms with Crippen molar-refractivity contribution in [2.75, 3.05) is 44.6 Å².